The van der Waals surface area contributed by atoms with Crippen molar-refractivity contribution in [1.82, 2.24) is 14.7 Å². The molecule has 0 saturated carbocycles. The third-order valence-corrected chi connectivity index (χ3v) is 2.94. The van der Waals surface area contributed by atoms with Gasteiger partial charge in [0.05, 0.1) is 18.7 Å². The minimum atomic E-state index is -0.682. The van der Waals surface area contributed by atoms with Gasteiger partial charge in [0.15, 0.2) is 0 Å². The van der Waals surface area contributed by atoms with Gasteiger partial charge >= 0.3 is 0 Å². The highest BCUT2D eigenvalue weighted by molar-refractivity contribution is 5.77. The molecular weight excluding hydrogens is 208 g/mol. The number of aromatic nitrogens is 2. The molecule has 1 saturated heterocycles. The smallest absolute Gasteiger partial charge is 0.244 e. The summed E-state index contributed by atoms with van der Waals surface area (Å²) in [5.41, 5.74) is 4.76. The van der Waals surface area contributed by atoms with E-state index in [0.717, 1.165) is 0 Å². The summed E-state index contributed by atoms with van der Waals surface area (Å²) >= 11 is 0. The summed E-state index contributed by atoms with van der Waals surface area (Å²) in [4.78, 5) is 13.3. The lowest BCUT2D eigenvalue weighted by Crippen LogP contribution is -2.63. The second-order valence-electron chi connectivity index (χ2n) is 4.27. The molecule has 1 aliphatic rings. The maximum Gasteiger partial charge on any atom is 0.244 e. The summed E-state index contributed by atoms with van der Waals surface area (Å²) < 4.78 is 1.50. The molecule has 0 aliphatic carbocycles. The fraction of sp³-hybridized carbons (Fsp3) is 0.600. The number of hydrogen-bond donors (Lipinski definition) is 2. The zero-order valence-electron chi connectivity index (χ0n) is 9.26. The molecule has 6 heteroatoms. The number of amides is 1. The highest BCUT2D eigenvalue weighted by Gasteiger charge is 2.41. The molecule has 0 spiro atoms. The van der Waals surface area contributed by atoms with Crippen LogP contribution in [0.2, 0.25) is 0 Å². The van der Waals surface area contributed by atoms with Gasteiger partial charge in [-0.05, 0) is 12.5 Å². The molecule has 1 fully saturated rings. The minimum Gasteiger partial charge on any atom is -0.386 e. The fourth-order valence-electron chi connectivity index (χ4n) is 1.77. The molecule has 1 aromatic rings. The summed E-state index contributed by atoms with van der Waals surface area (Å²) in [5.74, 6) is 0.364. The van der Waals surface area contributed by atoms with Crippen molar-refractivity contribution < 1.29 is 9.90 Å². The largest absolute Gasteiger partial charge is 0.386 e. The van der Waals surface area contributed by atoms with Crippen LogP contribution in [0.1, 0.15) is 13.3 Å². The minimum absolute atomic E-state index is 0.0405. The number of anilines is 1. The summed E-state index contributed by atoms with van der Waals surface area (Å²) in [6, 6.07) is 1.64. The first-order valence-electron chi connectivity index (χ1n) is 5.31. The maximum atomic E-state index is 11.7. The van der Waals surface area contributed by atoms with E-state index in [9.17, 15) is 9.90 Å². The second-order valence-corrected chi connectivity index (χ2v) is 4.27. The van der Waals surface area contributed by atoms with Gasteiger partial charge in [-0.1, -0.05) is 6.92 Å². The van der Waals surface area contributed by atoms with Crippen LogP contribution in [0.5, 0.6) is 0 Å². The highest BCUT2D eigenvalue weighted by Crippen LogP contribution is 2.24. The van der Waals surface area contributed by atoms with E-state index in [1.807, 2.05) is 6.92 Å². The molecule has 0 bridgehead atoms. The predicted octanol–water partition coefficient (Wildman–Crippen LogP) is -0.551. The molecule has 1 aromatic heterocycles. The third kappa shape index (κ3) is 2.01. The molecular formula is C10H16N4O2. The molecule has 3 N–H and O–H groups in total. The van der Waals surface area contributed by atoms with Crippen molar-refractivity contribution in [2.45, 2.75) is 25.5 Å². The number of carbonyl (C=O) groups is 1. The van der Waals surface area contributed by atoms with Crippen LogP contribution in [0.3, 0.4) is 0 Å². The standard InChI is InChI=1S/C10H16N4O2/c1-2-10(16)6-13(7-10)9(15)5-14-4-3-8(11)12-14/h3-4,16H,2,5-7H2,1H3,(H2,11,12). The number of aliphatic hydroxyl groups is 1. The van der Waals surface area contributed by atoms with Crippen LogP contribution in [0.4, 0.5) is 5.82 Å². The topological polar surface area (TPSA) is 84.4 Å². The Balaban J connectivity index is 1.87. The molecule has 88 valence electrons. The van der Waals surface area contributed by atoms with Gasteiger partial charge in [-0.3, -0.25) is 9.48 Å². The van der Waals surface area contributed by atoms with Gasteiger partial charge in [-0.25, -0.2) is 0 Å². The van der Waals surface area contributed by atoms with E-state index in [-0.39, 0.29) is 12.5 Å². The van der Waals surface area contributed by atoms with Crippen LogP contribution in [-0.4, -0.2) is 44.4 Å². The molecule has 16 heavy (non-hydrogen) atoms. The van der Waals surface area contributed by atoms with Gasteiger partial charge in [-0.2, -0.15) is 5.10 Å². The van der Waals surface area contributed by atoms with Crippen LogP contribution in [-0.2, 0) is 11.3 Å². The average molecular weight is 224 g/mol. The third-order valence-electron chi connectivity index (χ3n) is 2.94. The van der Waals surface area contributed by atoms with E-state index >= 15 is 0 Å². The molecule has 2 heterocycles. The van der Waals surface area contributed by atoms with E-state index in [2.05, 4.69) is 5.10 Å². The van der Waals surface area contributed by atoms with Crippen molar-refractivity contribution in [1.29, 1.82) is 0 Å². The number of carbonyl (C=O) groups excluding carboxylic acids is 1. The van der Waals surface area contributed by atoms with Crippen LogP contribution >= 0.6 is 0 Å². The Bertz CT molecular complexity index is 395. The quantitative estimate of drug-likeness (QED) is 0.721. The van der Waals surface area contributed by atoms with Crippen LogP contribution in [0.25, 0.3) is 0 Å². The van der Waals surface area contributed by atoms with Crippen molar-refractivity contribution in [3.63, 3.8) is 0 Å². The molecule has 6 nitrogen and oxygen atoms in total. The Morgan fingerprint density at radius 3 is 2.88 bits per heavy atom. The number of likely N-dealkylation sites (tertiary alicyclic amines) is 1. The van der Waals surface area contributed by atoms with Crippen molar-refractivity contribution in [3.05, 3.63) is 12.3 Å². The second kappa shape index (κ2) is 3.79. The van der Waals surface area contributed by atoms with Gasteiger partial charge in [0.2, 0.25) is 5.91 Å². The van der Waals surface area contributed by atoms with Gasteiger partial charge in [0, 0.05) is 6.20 Å². The van der Waals surface area contributed by atoms with E-state index in [1.54, 1.807) is 17.2 Å². The number of β-amino-alcohol motifs (C(OH)–C–C–N with tert-alkyl or cyclic N) is 1. The molecule has 1 aliphatic heterocycles. The average Bonchev–Trinajstić information content (AvgIpc) is 2.59. The lowest BCUT2D eigenvalue weighted by Gasteiger charge is -2.46. The molecule has 0 radical (unpaired) electrons. The summed E-state index contributed by atoms with van der Waals surface area (Å²) in [7, 11) is 0. The molecule has 0 unspecified atom stereocenters. The molecule has 0 atom stereocenters. The van der Waals surface area contributed by atoms with E-state index < -0.39 is 5.60 Å². The zero-order valence-corrected chi connectivity index (χ0v) is 9.26. The Labute approximate surface area is 93.6 Å². The summed E-state index contributed by atoms with van der Waals surface area (Å²) in [5, 5.41) is 13.7. The van der Waals surface area contributed by atoms with Crippen LogP contribution < -0.4 is 5.73 Å². The number of rotatable bonds is 3. The Morgan fingerprint density at radius 2 is 2.38 bits per heavy atom. The Morgan fingerprint density at radius 1 is 1.69 bits per heavy atom. The van der Waals surface area contributed by atoms with Gasteiger partial charge in [0.1, 0.15) is 12.4 Å². The summed E-state index contributed by atoms with van der Waals surface area (Å²) in [6.07, 6.45) is 2.34. The van der Waals surface area contributed by atoms with Crippen LogP contribution in [0, 0.1) is 0 Å². The lowest BCUT2D eigenvalue weighted by molar-refractivity contribution is -0.156. The molecule has 1 amide bonds. The SMILES string of the molecule is CCC1(O)CN(C(=O)Cn2ccc(N)n2)C1. The first-order chi connectivity index (χ1) is 7.52. The van der Waals surface area contributed by atoms with Gasteiger partial charge in [0.25, 0.3) is 0 Å². The lowest BCUT2D eigenvalue weighted by atomic mass is 9.91. The number of nitrogens with zero attached hydrogens (tertiary/aromatic N) is 3. The molecule has 0 aromatic carbocycles. The van der Waals surface area contributed by atoms with E-state index in [0.29, 0.717) is 25.3 Å². The number of nitrogens with two attached hydrogens (primary N) is 1. The number of nitrogen functional groups attached to an aromatic ring is 1. The van der Waals surface area contributed by atoms with Gasteiger partial charge < -0.3 is 15.7 Å². The normalized spacial score (nSPS) is 18.2. The number of hydrogen-bond acceptors (Lipinski definition) is 4. The van der Waals surface area contributed by atoms with E-state index in [1.165, 1.54) is 4.68 Å². The van der Waals surface area contributed by atoms with E-state index in [4.69, 9.17) is 5.73 Å². The van der Waals surface area contributed by atoms with Gasteiger partial charge in [-0.15, -0.1) is 0 Å². The maximum absolute atomic E-state index is 11.7. The van der Waals surface area contributed by atoms with Crippen molar-refractivity contribution >= 4 is 11.7 Å². The predicted molar refractivity (Wildman–Crippen MR) is 58.5 cm³/mol. The Kier molecular flexibility index (Phi) is 2.59. The fourth-order valence-corrected chi connectivity index (χ4v) is 1.77. The molecule has 2 rings (SSSR count). The first-order valence-corrected chi connectivity index (χ1v) is 5.31. The summed E-state index contributed by atoms with van der Waals surface area (Å²) in [6.45, 7) is 2.92. The van der Waals surface area contributed by atoms with Crippen molar-refractivity contribution in [3.8, 4) is 0 Å². The van der Waals surface area contributed by atoms with Crippen LogP contribution in [0.15, 0.2) is 12.3 Å². The highest BCUT2D eigenvalue weighted by atomic mass is 16.3. The van der Waals surface area contributed by atoms with Crippen molar-refractivity contribution in [2.24, 2.45) is 0 Å². The first kappa shape index (κ1) is 10.9. The van der Waals surface area contributed by atoms with Crippen molar-refractivity contribution in [2.75, 3.05) is 18.8 Å². The monoisotopic (exact) mass is 224 g/mol. The Hall–Kier alpha value is -1.56. The zero-order chi connectivity index (χ0) is 11.8.